The minimum Gasteiger partial charge on any atom is -0.346 e. The quantitative estimate of drug-likeness (QED) is 0.546. The molecule has 0 bridgehead atoms. The molecule has 1 aromatic carbocycles. The smallest absolute Gasteiger partial charge is 0.254 e. The fourth-order valence-electron chi connectivity index (χ4n) is 3.18. The van der Waals surface area contributed by atoms with Crippen LogP contribution in [0.1, 0.15) is 12.8 Å². The van der Waals surface area contributed by atoms with Gasteiger partial charge in [0.25, 0.3) is 6.43 Å². The summed E-state index contributed by atoms with van der Waals surface area (Å²) in [5.41, 5.74) is 2.42. The number of rotatable bonds is 8. The molecule has 1 aliphatic carbocycles. The number of benzene rings is 1. The highest BCUT2D eigenvalue weighted by Gasteiger charge is 2.30. The Bertz CT molecular complexity index is 1140. The maximum atomic E-state index is 12.4. The summed E-state index contributed by atoms with van der Waals surface area (Å²) in [6.07, 6.45) is 1.45. The molecule has 0 saturated heterocycles. The van der Waals surface area contributed by atoms with Gasteiger partial charge in [-0.1, -0.05) is 12.1 Å². The summed E-state index contributed by atoms with van der Waals surface area (Å²) < 4.78 is 50.3. The van der Waals surface area contributed by atoms with Crippen LogP contribution in [0.25, 0.3) is 22.2 Å². The Morgan fingerprint density at radius 2 is 1.97 bits per heavy atom. The van der Waals surface area contributed by atoms with Crippen LogP contribution in [0.2, 0.25) is 0 Å². The van der Waals surface area contributed by atoms with E-state index in [1.807, 2.05) is 12.1 Å². The molecule has 2 heterocycles. The van der Waals surface area contributed by atoms with E-state index in [1.54, 1.807) is 23.2 Å². The van der Waals surface area contributed by atoms with Crippen molar-refractivity contribution in [1.29, 1.82) is 0 Å². The molecule has 10 heteroatoms. The number of sulfonamides is 1. The molecular formula is C19H18F2N4O3S. The molecule has 0 radical (unpaired) electrons. The average Bonchev–Trinajstić information content (AvgIpc) is 3.37. The normalized spacial score (nSPS) is 14.3. The van der Waals surface area contributed by atoms with Crippen molar-refractivity contribution in [3.63, 3.8) is 0 Å². The third kappa shape index (κ3) is 4.21. The highest BCUT2D eigenvalue weighted by molar-refractivity contribution is 7.92. The summed E-state index contributed by atoms with van der Waals surface area (Å²) >= 11 is 0. The number of H-pyrrole nitrogens is 1. The van der Waals surface area contributed by atoms with Crippen LogP contribution in [0.4, 0.5) is 20.3 Å². The van der Waals surface area contributed by atoms with Crippen molar-refractivity contribution in [1.82, 2.24) is 9.97 Å². The number of hydrogen-bond donors (Lipinski definition) is 2. The van der Waals surface area contributed by atoms with Gasteiger partial charge in [0.15, 0.2) is 0 Å². The van der Waals surface area contributed by atoms with Crippen LogP contribution in [0, 0.1) is 0 Å². The van der Waals surface area contributed by atoms with Crippen LogP contribution in [0.5, 0.6) is 0 Å². The molecule has 0 aliphatic heterocycles. The second-order valence-electron chi connectivity index (χ2n) is 6.86. The van der Waals surface area contributed by atoms with Gasteiger partial charge < -0.3 is 4.98 Å². The van der Waals surface area contributed by atoms with Crippen molar-refractivity contribution >= 4 is 39.0 Å². The molecule has 3 aromatic rings. The minimum absolute atomic E-state index is 0.159. The van der Waals surface area contributed by atoms with Gasteiger partial charge in [-0.3, -0.25) is 14.4 Å². The summed E-state index contributed by atoms with van der Waals surface area (Å²) in [5, 5.41) is 0.849. The number of amides is 1. The minimum atomic E-state index is -4.12. The second kappa shape index (κ2) is 7.43. The van der Waals surface area contributed by atoms with Crippen molar-refractivity contribution in [3.05, 3.63) is 42.6 Å². The van der Waals surface area contributed by atoms with E-state index >= 15 is 0 Å². The van der Waals surface area contributed by atoms with Crippen LogP contribution in [0.15, 0.2) is 42.6 Å². The lowest BCUT2D eigenvalue weighted by atomic mass is 10.0. The number of aromatic amines is 1. The van der Waals surface area contributed by atoms with E-state index in [0.29, 0.717) is 11.5 Å². The first-order valence-corrected chi connectivity index (χ1v) is 10.6. The van der Waals surface area contributed by atoms with Crippen molar-refractivity contribution in [2.45, 2.75) is 25.3 Å². The average molecular weight is 420 g/mol. The number of halogens is 2. The van der Waals surface area contributed by atoms with Crippen LogP contribution >= 0.6 is 0 Å². The molecule has 1 fully saturated rings. The molecule has 152 valence electrons. The largest absolute Gasteiger partial charge is 0.346 e. The zero-order valence-corrected chi connectivity index (χ0v) is 16.0. The number of carbonyl (C=O) groups is 1. The first-order chi connectivity index (χ1) is 13.9. The molecule has 7 nitrogen and oxygen atoms in total. The second-order valence-corrected chi connectivity index (χ2v) is 8.63. The number of nitrogens with zero attached hydrogens (tertiary/aromatic N) is 2. The molecule has 2 N–H and O–H groups in total. The first-order valence-electron chi connectivity index (χ1n) is 8.97. The number of pyridine rings is 1. The zero-order valence-electron chi connectivity index (χ0n) is 15.2. The molecule has 0 unspecified atom stereocenters. The van der Waals surface area contributed by atoms with Gasteiger partial charge in [0.05, 0.1) is 0 Å². The number of aromatic nitrogens is 2. The summed E-state index contributed by atoms with van der Waals surface area (Å²) in [6, 6.07) is 10.2. The van der Waals surface area contributed by atoms with Crippen LogP contribution < -0.4 is 9.62 Å². The molecule has 0 atom stereocenters. The van der Waals surface area contributed by atoms with Gasteiger partial charge in [-0.15, -0.1) is 0 Å². The third-order valence-corrected chi connectivity index (χ3v) is 5.89. The number of nitrogens with one attached hydrogen (secondary N) is 2. The van der Waals surface area contributed by atoms with E-state index < -0.39 is 22.2 Å². The predicted molar refractivity (Wildman–Crippen MR) is 107 cm³/mol. The number of hydrogen-bond acceptors (Lipinski definition) is 4. The topological polar surface area (TPSA) is 95.2 Å². The first kappa shape index (κ1) is 19.3. The predicted octanol–water partition coefficient (Wildman–Crippen LogP) is 3.36. The van der Waals surface area contributed by atoms with E-state index in [0.717, 1.165) is 35.8 Å². The van der Waals surface area contributed by atoms with Crippen molar-refractivity contribution in [2.75, 3.05) is 15.4 Å². The molecule has 2 aromatic heterocycles. The van der Waals surface area contributed by atoms with Gasteiger partial charge in [-0.2, -0.15) is 0 Å². The lowest BCUT2D eigenvalue weighted by Crippen LogP contribution is -2.24. The molecule has 1 aliphatic rings. The molecule has 0 spiro atoms. The number of fused-ring (bicyclic) bond motifs is 1. The van der Waals surface area contributed by atoms with Gasteiger partial charge in [0, 0.05) is 23.3 Å². The standard InChI is InChI=1S/C19H18F2N4O3S/c20-17(21)10-29(27,28)24-13-3-1-12(2-4-13)16-9-18(25(11-26)14-5-6-14)23-19-15(16)7-8-22-19/h1-4,7-9,11,14,17,24H,5-6,10H2,(H,22,23). The fourth-order valence-corrected chi connectivity index (χ4v) is 4.09. The van der Waals surface area contributed by atoms with Gasteiger partial charge in [-0.05, 0) is 48.2 Å². The maximum Gasteiger partial charge on any atom is 0.254 e. The Morgan fingerprint density at radius 1 is 1.24 bits per heavy atom. The Kier molecular flexibility index (Phi) is 4.95. The zero-order chi connectivity index (χ0) is 20.6. The van der Waals surface area contributed by atoms with Gasteiger partial charge in [-0.25, -0.2) is 22.2 Å². The van der Waals surface area contributed by atoms with E-state index in [2.05, 4.69) is 14.7 Å². The monoisotopic (exact) mass is 420 g/mol. The molecule has 29 heavy (non-hydrogen) atoms. The number of alkyl halides is 2. The van der Waals surface area contributed by atoms with Gasteiger partial charge >= 0.3 is 0 Å². The Balaban J connectivity index is 1.67. The van der Waals surface area contributed by atoms with Gasteiger partial charge in [0.1, 0.15) is 17.2 Å². The van der Waals surface area contributed by atoms with Crippen molar-refractivity contribution in [2.24, 2.45) is 0 Å². The van der Waals surface area contributed by atoms with Crippen molar-refractivity contribution in [3.8, 4) is 11.1 Å². The third-order valence-electron chi connectivity index (χ3n) is 4.65. The molecular weight excluding hydrogens is 402 g/mol. The lowest BCUT2D eigenvalue weighted by molar-refractivity contribution is -0.107. The van der Waals surface area contributed by atoms with E-state index in [9.17, 15) is 22.0 Å². The molecule has 1 amide bonds. The highest BCUT2D eigenvalue weighted by Crippen LogP contribution is 2.35. The van der Waals surface area contributed by atoms with Crippen molar-refractivity contribution < 1.29 is 22.0 Å². The number of carbonyl (C=O) groups excluding carboxylic acids is 1. The van der Waals surface area contributed by atoms with Crippen LogP contribution in [0.3, 0.4) is 0 Å². The summed E-state index contributed by atoms with van der Waals surface area (Å²) in [6.45, 7) is 0. The highest BCUT2D eigenvalue weighted by atomic mass is 32.2. The lowest BCUT2D eigenvalue weighted by Gasteiger charge is -2.17. The van der Waals surface area contributed by atoms with E-state index in [-0.39, 0.29) is 11.7 Å². The van der Waals surface area contributed by atoms with E-state index in [1.165, 1.54) is 12.1 Å². The van der Waals surface area contributed by atoms with Gasteiger partial charge in [0.2, 0.25) is 16.4 Å². The van der Waals surface area contributed by atoms with E-state index in [4.69, 9.17) is 0 Å². The maximum absolute atomic E-state index is 12.4. The SMILES string of the molecule is O=CN(c1cc(-c2ccc(NS(=O)(=O)CC(F)F)cc2)c2cc[nH]c2n1)C1CC1. The van der Waals surface area contributed by atoms with Crippen LogP contribution in [-0.4, -0.2) is 43.0 Å². The summed E-state index contributed by atoms with van der Waals surface area (Å²) in [7, 11) is -4.12. The number of anilines is 2. The summed E-state index contributed by atoms with van der Waals surface area (Å²) in [5.74, 6) is -0.719. The molecule has 1 saturated carbocycles. The molecule has 4 rings (SSSR count). The Labute approximate surface area is 165 Å². The Hall–Kier alpha value is -3.01. The van der Waals surface area contributed by atoms with Crippen LogP contribution in [-0.2, 0) is 14.8 Å². The summed E-state index contributed by atoms with van der Waals surface area (Å²) in [4.78, 5) is 20.7. The fraction of sp³-hybridized carbons (Fsp3) is 0.263. The Morgan fingerprint density at radius 3 is 2.59 bits per heavy atom.